The van der Waals surface area contributed by atoms with Crippen molar-refractivity contribution in [2.24, 2.45) is 5.92 Å². The Balaban J connectivity index is 1.71. The number of aryl methyl sites for hydroxylation is 1. The van der Waals surface area contributed by atoms with Crippen LogP contribution in [0.15, 0.2) is 24.3 Å². The van der Waals surface area contributed by atoms with Crippen LogP contribution in [0.2, 0.25) is 5.02 Å². The van der Waals surface area contributed by atoms with Crippen LogP contribution < -0.4 is 5.32 Å². The maximum atomic E-state index is 13.2. The average Bonchev–Trinajstić information content (AvgIpc) is 3.45. The molecule has 3 rings (SSSR count). The smallest absolute Gasteiger partial charge is 0.307 e. The van der Waals surface area contributed by atoms with E-state index in [-0.39, 0.29) is 28.9 Å². The molecule has 0 bridgehead atoms. The molecule has 1 heterocycles. The number of carbonyl (C=O) groups excluding carboxylic acids is 3. The Morgan fingerprint density at radius 3 is 2.68 bits per heavy atom. The summed E-state index contributed by atoms with van der Waals surface area (Å²) < 4.78 is 18.2. The van der Waals surface area contributed by atoms with Crippen LogP contribution >= 0.6 is 22.9 Å². The highest BCUT2D eigenvalue weighted by Crippen LogP contribution is 2.33. The van der Waals surface area contributed by atoms with Gasteiger partial charge < -0.3 is 15.0 Å². The minimum Gasteiger partial charge on any atom is -0.466 e. The quantitative estimate of drug-likeness (QED) is 0.533. The molecule has 166 valence electrons. The first-order chi connectivity index (χ1) is 14.8. The van der Waals surface area contributed by atoms with Gasteiger partial charge in [0.25, 0.3) is 11.8 Å². The molecule has 1 aromatic heterocycles. The van der Waals surface area contributed by atoms with Crippen molar-refractivity contribution in [1.29, 1.82) is 0 Å². The molecule has 1 fully saturated rings. The third-order valence-corrected chi connectivity index (χ3v) is 6.33. The van der Waals surface area contributed by atoms with Gasteiger partial charge in [-0.05, 0) is 62.4 Å². The van der Waals surface area contributed by atoms with E-state index in [1.807, 2.05) is 0 Å². The van der Waals surface area contributed by atoms with E-state index >= 15 is 0 Å². The number of nitrogens with zero attached hydrogens (tertiary/aromatic N) is 1. The fraction of sp³-hybridized carbons (Fsp3) is 0.409. The first kappa shape index (κ1) is 23.2. The summed E-state index contributed by atoms with van der Waals surface area (Å²) in [7, 11) is 0. The molecular weight excluding hydrogens is 443 g/mol. The largest absolute Gasteiger partial charge is 0.466 e. The van der Waals surface area contributed by atoms with Crippen LogP contribution in [0.5, 0.6) is 0 Å². The van der Waals surface area contributed by atoms with Crippen LogP contribution in [0.3, 0.4) is 0 Å². The summed E-state index contributed by atoms with van der Waals surface area (Å²) in [5.74, 6) is -1.05. The molecule has 0 aliphatic heterocycles. The second kappa shape index (κ2) is 10.2. The van der Waals surface area contributed by atoms with Gasteiger partial charge >= 0.3 is 5.97 Å². The summed E-state index contributed by atoms with van der Waals surface area (Å²) >= 11 is 7.12. The van der Waals surface area contributed by atoms with Crippen LogP contribution in [-0.2, 0) is 9.53 Å². The van der Waals surface area contributed by atoms with Crippen LogP contribution in [0, 0.1) is 18.7 Å². The van der Waals surface area contributed by atoms with Crippen molar-refractivity contribution in [2.45, 2.75) is 33.1 Å². The lowest BCUT2D eigenvalue weighted by Gasteiger charge is -2.22. The molecule has 0 radical (unpaired) electrons. The summed E-state index contributed by atoms with van der Waals surface area (Å²) in [6.07, 6.45) is 2.29. The molecule has 1 saturated carbocycles. The van der Waals surface area contributed by atoms with Gasteiger partial charge in [0, 0.05) is 13.1 Å². The van der Waals surface area contributed by atoms with Gasteiger partial charge in [0.2, 0.25) is 0 Å². The Labute approximate surface area is 189 Å². The van der Waals surface area contributed by atoms with Crippen molar-refractivity contribution < 1.29 is 23.5 Å². The third-order valence-electron chi connectivity index (χ3n) is 4.88. The van der Waals surface area contributed by atoms with E-state index in [1.165, 1.54) is 6.07 Å². The second-order valence-electron chi connectivity index (χ2n) is 7.45. The number of rotatable bonds is 9. The number of benzene rings is 1. The SMILES string of the molecule is CCOC(=O)CCN(CC1CC1)C(=O)c1sc(NC(=O)c2ccc(F)cc2Cl)cc1C. The Kier molecular flexibility index (Phi) is 7.67. The molecule has 1 N–H and O–H groups in total. The Bertz CT molecular complexity index is 990. The van der Waals surface area contributed by atoms with Crippen molar-refractivity contribution in [3.63, 3.8) is 0 Å². The number of halogens is 2. The van der Waals surface area contributed by atoms with Crippen molar-refractivity contribution in [1.82, 2.24) is 4.90 Å². The molecule has 31 heavy (non-hydrogen) atoms. The number of ether oxygens (including phenoxy) is 1. The lowest BCUT2D eigenvalue weighted by Crippen LogP contribution is -2.35. The Hall–Kier alpha value is -2.45. The molecule has 9 heteroatoms. The van der Waals surface area contributed by atoms with Gasteiger partial charge in [-0.3, -0.25) is 14.4 Å². The van der Waals surface area contributed by atoms with E-state index in [2.05, 4.69) is 5.32 Å². The third kappa shape index (κ3) is 6.27. The molecule has 1 aromatic carbocycles. The molecule has 0 unspecified atom stereocenters. The van der Waals surface area contributed by atoms with Crippen molar-refractivity contribution in [3.8, 4) is 0 Å². The molecule has 6 nitrogen and oxygen atoms in total. The standard InChI is InChI=1S/C22H24ClFN2O4S/c1-3-30-19(27)8-9-26(12-14-4-5-14)22(29)20-13(2)10-18(31-20)25-21(28)16-7-6-15(24)11-17(16)23/h6-7,10-11,14H,3-5,8-9,12H2,1-2H3,(H,25,28). The number of esters is 1. The van der Waals surface area contributed by atoms with E-state index < -0.39 is 11.7 Å². The molecule has 2 aromatic rings. The second-order valence-corrected chi connectivity index (χ2v) is 8.91. The predicted octanol–water partition coefficient (Wildman–Crippen LogP) is 4.91. The number of hydrogen-bond acceptors (Lipinski definition) is 5. The Morgan fingerprint density at radius 1 is 1.29 bits per heavy atom. The topological polar surface area (TPSA) is 75.7 Å². The van der Waals surface area contributed by atoms with E-state index in [0.29, 0.717) is 35.5 Å². The van der Waals surface area contributed by atoms with Crippen LogP contribution in [0.25, 0.3) is 0 Å². The highest BCUT2D eigenvalue weighted by molar-refractivity contribution is 7.18. The van der Waals surface area contributed by atoms with Crippen LogP contribution in [0.4, 0.5) is 9.39 Å². The lowest BCUT2D eigenvalue weighted by molar-refractivity contribution is -0.143. The molecule has 1 aliphatic rings. The number of thiophene rings is 1. The first-order valence-corrected chi connectivity index (χ1v) is 11.3. The Morgan fingerprint density at radius 2 is 2.03 bits per heavy atom. The maximum absolute atomic E-state index is 13.2. The van der Waals surface area contributed by atoms with E-state index in [4.69, 9.17) is 16.3 Å². The van der Waals surface area contributed by atoms with Crippen molar-refractivity contribution >= 4 is 45.7 Å². The number of carbonyl (C=O) groups is 3. The van der Waals surface area contributed by atoms with E-state index in [9.17, 15) is 18.8 Å². The summed E-state index contributed by atoms with van der Waals surface area (Å²) in [4.78, 5) is 39.6. The van der Waals surface area contributed by atoms with E-state index in [1.54, 1.807) is 24.8 Å². The van der Waals surface area contributed by atoms with E-state index in [0.717, 1.165) is 41.9 Å². The van der Waals surface area contributed by atoms with Gasteiger partial charge in [0.1, 0.15) is 5.82 Å². The fourth-order valence-electron chi connectivity index (χ4n) is 3.10. The fourth-order valence-corrected chi connectivity index (χ4v) is 4.39. The number of amides is 2. The van der Waals surface area contributed by atoms with Crippen molar-refractivity contribution in [2.75, 3.05) is 25.0 Å². The monoisotopic (exact) mass is 466 g/mol. The first-order valence-electron chi connectivity index (χ1n) is 10.1. The number of anilines is 1. The van der Waals surface area contributed by atoms with Crippen molar-refractivity contribution in [3.05, 3.63) is 51.1 Å². The van der Waals surface area contributed by atoms with Crippen LogP contribution in [-0.4, -0.2) is 42.4 Å². The normalized spacial score (nSPS) is 13.0. The highest BCUT2D eigenvalue weighted by atomic mass is 35.5. The average molecular weight is 467 g/mol. The van der Waals surface area contributed by atoms with Gasteiger partial charge in [0.15, 0.2) is 0 Å². The molecule has 0 spiro atoms. The molecular formula is C22H24ClFN2O4S. The van der Waals surface area contributed by atoms with Gasteiger partial charge in [-0.15, -0.1) is 11.3 Å². The predicted molar refractivity (Wildman–Crippen MR) is 118 cm³/mol. The summed E-state index contributed by atoms with van der Waals surface area (Å²) in [6, 6.07) is 5.26. The van der Waals surface area contributed by atoms with Gasteiger partial charge in [-0.1, -0.05) is 11.6 Å². The van der Waals surface area contributed by atoms with Gasteiger partial charge in [-0.25, -0.2) is 4.39 Å². The number of nitrogens with one attached hydrogen (secondary N) is 1. The molecule has 1 aliphatic carbocycles. The molecule has 2 amide bonds. The maximum Gasteiger partial charge on any atom is 0.307 e. The highest BCUT2D eigenvalue weighted by Gasteiger charge is 2.29. The minimum absolute atomic E-state index is 0.0108. The van der Waals surface area contributed by atoms with Gasteiger partial charge in [0.05, 0.1) is 33.5 Å². The minimum atomic E-state index is -0.528. The molecule has 0 atom stereocenters. The van der Waals surface area contributed by atoms with Gasteiger partial charge in [-0.2, -0.15) is 0 Å². The zero-order chi connectivity index (χ0) is 22.5. The van der Waals surface area contributed by atoms with Crippen LogP contribution in [0.1, 0.15) is 51.8 Å². The summed E-state index contributed by atoms with van der Waals surface area (Å²) in [6.45, 7) is 4.74. The number of hydrogen-bond donors (Lipinski definition) is 1. The zero-order valence-electron chi connectivity index (χ0n) is 17.4. The summed E-state index contributed by atoms with van der Waals surface area (Å²) in [5, 5.41) is 3.22. The zero-order valence-corrected chi connectivity index (χ0v) is 18.9. The summed E-state index contributed by atoms with van der Waals surface area (Å²) in [5.41, 5.74) is 0.874. The molecule has 0 saturated heterocycles. The lowest BCUT2D eigenvalue weighted by atomic mass is 10.2.